The zero-order chi connectivity index (χ0) is 10.0. The van der Waals surface area contributed by atoms with Crippen LogP contribution in [0.4, 0.5) is 0 Å². The minimum Gasteiger partial charge on any atom is -0.459 e. The van der Waals surface area contributed by atoms with Crippen molar-refractivity contribution < 1.29 is 19.1 Å². The van der Waals surface area contributed by atoms with Gasteiger partial charge in [-0.25, -0.2) is 4.79 Å². The number of nitrogens with two attached hydrogens (primary N) is 1. The number of cyclic esters (lactones) is 1. The van der Waals surface area contributed by atoms with Gasteiger partial charge < -0.3 is 15.2 Å². The van der Waals surface area contributed by atoms with Gasteiger partial charge in [-0.2, -0.15) is 0 Å². The molecule has 0 aliphatic carbocycles. The molecule has 2 unspecified atom stereocenters. The van der Waals surface area contributed by atoms with Crippen LogP contribution in [0.3, 0.4) is 0 Å². The first-order chi connectivity index (χ1) is 6.00. The summed E-state index contributed by atoms with van der Waals surface area (Å²) in [5, 5.41) is 0. The van der Waals surface area contributed by atoms with Gasteiger partial charge in [0.2, 0.25) is 0 Å². The largest absolute Gasteiger partial charge is 0.459 e. The molecule has 72 valence electrons. The van der Waals surface area contributed by atoms with Crippen molar-refractivity contribution in [2.45, 2.75) is 25.6 Å². The van der Waals surface area contributed by atoms with Gasteiger partial charge in [-0.05, 0) is 6.92 Å². The van der Waals surface area contributed by atoms with Crippen molar-refractivity contribution in [1.29, 1.82) is 0 Å². The van der Waals surface area contributed by atoms with Crippen molar-refractivity contribution in [3.63, 3.8) is 0 Å². The molecule has 1 rings (SSSR count). The van der Waals surface area contributed by atoms with E-state index in [1.54, 1.807) is 6.92 Å². The quantitative estimate of drug-likeness (QED) is 0.472. The Balaban J connectivity index is 2.50. The van der Waals surface area contributed by atoms with Gasteiger partial charge in [0, 0.05) is 0 Å². The number of rotatable bonds is 2. The number of carbonyl (C=O) groups excluding carboxylic acids is 2. The molecule has 5 heteroatoms. The molecule has 0 spiro atoms. The third kappa shape index (κ3) is 2.21. The predicted molar refractivity (Wildman–Crippen MR) is 43.4 cm³/mol. The number of hydrogen-bond donors (Lipinski definition) is 1. The van der Waals surface area contributed by atoms with Crippen molar-refractivity contribution in [3.8, 4) is 0 Å². The Labute approximate surface area is 75.5 Å². The van der Waals surface area contributed by atoms with Crippen molar-refractivity contribution in [2.24, 2.45) is 5.73 Å². The molecule has 1 saturated heterocycles. The van der Waals surface area contributed by atoms with Gasteiger partial charge in [0.05, 0.1) is 6.42 Å². The Morgan fingerprint density at radius 3 is 2.77 bits per heavy atom. The molecule has 0 saturated carbocycles. The van der Waals surface area contributed by atoms with Gasteiger partial charge in [0.25, 0.3) is 0 Å². The Bertz CT molecular complexity index is 261. The van der Waals surface area contributed by atoms with Crippen molar-refractivity contribution in [2.75, 3.05) is 0 Å². The maximum atomic E-state index is 10.9. The standard InChI is InChI=1S/C8H11NO4/c1-4(9)8(11)13-6-3-7(10)12-5(6)2/h5-6H,1,3,9H2,2H3. The average molecular weight is 185 g/mol. The SMILES string of the molecule is C=C(N)C(=O)OC1CC(=O)OC1C. The van der Waals surface area contributed by atoms with Gasteiger partial charge in [0.15, 0.2) is 0 Å². The number of ether oxygens (including phenoxy) is 2. The van der Waals surface area contributed by atoms with E-state index < -0.39 is 18.2 Å². The van der Waals surface area contributed by atoms with E-state index in [4.69, 9.17) is 15.2 Å². The second-order valence-electron chi connectivity index (χ2n) is 2.87. The maximum Gasteiger partial charge on any atom is 0.353 e. The fraction of sp³-hybridized carbons (Fsp3) is 0.500. The molecule has 5 nitrogen and oxygen atoms in total. The van der Waals surface area contributed by atoms with Crippen LogP contribution in [0.25, 0.3) is 0 Å². The lowest BCUT2D eigenvalue weighted by Gasteiger charge is -2.13. The zero-order valence-electron chi connectivity index (χ0n) is 7.28. The molecule has 1 heterocycles. The van der Waals surface area contributed by atoms with Crippen LogP contribution in [-0.2, 0) is 19.1 Å². The molecule has 0 amide bonds. The summed E-state index contributed by atoms with van der Waals surface area (Å²) < 4.78 is 9.61. The zero-order valence-corrected chi connectivity index (χ0v) is 7.28. The van der Waals surface area contributed by atoms with Gasteiger partial charge in [-0.1, -0.05) is 6.58 Å². The van der Waals surface area contributed by atoms with E-state index in [2.05, 4.69) is 6.58 Å². The molecular weight excluding hydrogens is 174 g/mol. The van der Waals surface area contributed by atoms with E-state index in [0.29, 0.717) is 0 Å². The lowest BCUT2D eigenvalue weighted by atomic mass is 10.2. The Morgan fingerprint density at radius 2 is 2.38 bits per heavy atom. The lowest BCUT2D eigenvalue weighted by Crippen LogP contribution is -2.27. The van der Waals surface area contributed by atoms with E-state index in [-0.39, 0.29) is 18.1 Å². The summed E-state index contributed by atoms with van der Waals surface area (Å²) in [6.45, 7) is 4.87. The molecule has 2 N–H and O–H groups in total. The van der Waals surface area contributed by atoms with Gasteiger partial charge in [-0.3, -0.25) is 4.79 Å². The Morgan fingerprint density at radius 1 is 1.77 bits per heavy atom. The fourth-order valence-electron chi connectivity index (χ4n) is 1.01. The summed E-state index contributed by atoms with van der Waals surface area (Å²) in [4.78, 5) is 21.7. The highest BCUT2D eigenvalue weighted by Gasteiger charge is 2.34. The Hall–Kier alpha value is -1.52. The van der Waals surface area contributed by atoms with Gasteiger partial charge >= 0.3 is 11.9 Å². The summed E-state index contributed by atoms with van der Waals surface area (Å²) in [6.07, 6.45) is -0.865. The molecule has 1 fully saturated rings. The highest BCUT2D eigenvalue weighted by atomic mass is 16.6. The van der Waals surface area contributed by atoms with Crippen LogP contribution in [0.1, 0.15) is 13.3 Å². The van der Waals surface area contributed by atoms with Crippen LogP contribution >= 0.6 is 0 Å². The van der Waals surface area contributed by atoms with Crippen LogP contribution in [0.5, 0.6) is 0 Å². The second kappa shape index (κ2) is 3.47. The molecule has 13 heavy (non-hydrogen) atoms. The molecular formula is C8H11NO4. The molecule has 0 radical (unpaired) electrons. The van der Waals surface area contributed by atoms with Crippen molar-refractivity contribution in [3.05, 3.63) is 12.3 Å². The lowest BCUT2D eigenvalue weighted by molar-refractivity contribution is -0.148. The Kier molecular flexibility index (Phi) is 2.55. The minimum absolute atomic E-state index is 0.0835. The first kappa shape index (κ1) is 9.57. The highest BCUT2D eigenvalue weighted by molar-refractivity contribution is 5.87. The number of carbonyl (C=O) groups is 2. The van der Waals surface area contributed by atoms with Gasteiger partial charge in [0.1, 0.15) is 17.9 Å². The second-order valence-corrected chi connectivity index (χ2v) is 2.87. The molecule has 1 aliphatic heterocycles. The number of esters is 2. The molecule has 0 aromatic heterocycles. The third-order valence-electron chi connectivity index (χ3n) is 1.73. The van der Waals surface area contributed by atoms with E-state index in [1.807, 2.05) is 0 Å². The van der Waals surface area contributed by atoms with Crippen LogP contribution < -0.4 is 5.73 Å². The minimum atomic E-state index is -0.699. The van der Waals surface area contributed by atoms with E-state index in [1.165, 1.54) is 0 Å². The van der Waals surface area contributed by atoms with E-state index in [0.717, 1.165) is 0 Å². The normalized spacial score (nSPS) is 26.7. The number of hydrogen-bond acceptors (Lipinski definition) is 5. The molecule has 0 aromatic carbocycles. The summed E-state index contributed by atoms with van der Waals surface area (Å²) in [5.74, 6) is -1.07. The smallest absolute Gasteiger partial charge is 0.353 e. The molecule has 0 aromatic rings. The topological polar surface area (TPSA) is 78.6 Å². The van der Waals surface area contributed by atoms with Crippen molar-refractivity contribution in [1.82, 2.24) is 0 Å². The fourth-order valence-corrected chi connectivity index (χ4v) is 1.01. The first-order valence-corrected chi connectivity index (χ1v) is 3.85. The first-order valence-electron chi connectivity index (χ1n) is 3.85. The van der Waals surface area contributed by atoms with Crippen molar-refractivity contribution >= 4 is 11.9 Å². The summed E-state index contributed by atoms with van der Waals surface area (Å²) in [6, 6.07) is 0. The average Bonchev–Trinajstić information content (AvgIpc) is 2.30. The van der Waals surface area contributed by atoms with Crippen LogP contribution in [-0.4, -0.2) is 24.1 Å². The van der Waals surface area contributed by atoms with Gasteiger partial charge in [-0.15, -0.1) is 0 Å². The highest BCUT2D eigenvalue weighted by Crippen LogP contribution is 2.18. The molecule has 0 bridgehead atoms. The van der Waals surface area contributed by atoms with Crippen LogP contribution in [0, 0.1) is 0 Å². The summed E-state index contributed by atoms with van der Waals surface area (Å²) in [7, 11) is 0. The monoisotopic (exact) mass is 185 g/mol. The summed E-state index contributed by atoms with van der Waals surface area (Å²) >= 11 is 0. The third-order valence-corrected chi connectivity index (χ3v) is 1.73. The van der Waals surface area contributed by atoms with Crippen LogP contribution in [0.15, 0.2) is 12.3 Å². The summed E-state index contributed by atoms with van der Waals surface area (Å²) in [5.41, 5.74) is 4.92. The molecule has 2 atom stereocenters. The van der Waals surface area contributed by atoms with E-state index in [9.17, 15) is 9.59 Å². The maximum absolute atomic E-state index is 10.9. The predicted octanol–water partition coefficient (Wildman–Crippen LogP) is -0.294. The molecule has 1 aliphatic rings. The van der Waals surface area contributed by atoms with Crippen LogP contribution in [0.2, 0.25) is 0 Å². The van der Waals surface area contributed by atoms with E-state index >= 15 is 0 Å².